The quantitative estimate of drug-likeness (QED) is 0.794. The van der Waals surface area contributed by atoms with Crippen LogP contribution in [0.15, 0.2) is 29.3 Å². The standard InChI is InChI=1S/C11H14N2OS.C2H6/c1-7-11(15)13-10(12-7)8-3-5-9(14-2)6-4-8;1-2/h3-7,11,15H,1-2H3,(H,12,13);1-2H3. The van der Waals surface area contributed by atoms with Gasteiger partial charge >= 0.3 is 0 Å². The van der Waals surface area contributed by atoms with E-state index in [9.17, 15) is 0 Å². The number of rotatable bonds is 2. The first-order valence-corrected chi connectivity index (χ1v) is 6.39. The molecule has 1 heterocycles. The van der Waals surface area contributed by atoms with Gasteiger partial charge in [0.25, 0.3) is 0 Å². The van der Waals surface area contributed by atoms with Crippen molar-refractivity contribution < 1.29 is 4.74 Å². The molecule has 0 radical (unpaired) electrons. The van der Waals surface area contributed by atoms with Gasteiger partial charge in [0, 0.05) is 5.56 Å². The molecule has 2 rings (SSSR count). The van der Waals surface area contributed by atoms with Crippen molar-refractivity contribution in [2.75, 3.05) is 7.11 Å². The summed E-state index contributed by atoms with van der Waals surface area (Å²) in [6, 6.07) is 8.11. The van der Waals surface area contributed by atoms with Gasteiger partial charge in [-0.2, -0.15) is 12.6 Å². The van der Waals surface area contributed by atoms with E-state index in [1.54, 1.807) is 7.11 Å². The molecule has 0 aromatic heterocycles. The Bertz CT molecular complexity index is 376. The van der Waals surface area contributed by atoms with Crippen LogP contribution in [-0.4, -0.2) is 24.4 Å². The zero-order chi connectivity index (χ0) is 12.8. The molecule has 2 atom stereocenters. The molecular formula is C13H20N2OS. The summed E-state index contributed by atoms with van der Waals surface area (Å²) in [5.41, 5.74) is 1.07. The van der Waals surface area contributed by atoms with E-state index in [1.807, 2.05) is 38.1 Å². The summed E-state index contributed by atoms with van der Waals surface area (Å²) in [4.78, 5) is 4.42. The van der Waals surface area contributed by atoms with Crippen LogP contribution in [0.4, 0.5) is 0 Å². The Kier molecular flexibility index (Phi) is 5.35. The Hall–Kier alpha value is -1.16. The normalized spacial score (nSPS) is 22.1. The molecule has 0 fully saturated rings. The lowest BCUT2D eigenvalue weighted by molar-refractivity contribution is 0.415. The molecule has 0 bridgehead atoms. The summed E-state index contributed by atoms with van der Waals surface area (Å²) in [6.07, 6.45) is 0. The number of aliphatic imine (C=N–C) groups is 1. The molecule has 0 spiro atoms. The number of ether oxygens (including phenoxy) is 1. The maximum Gasteiger partial charge on any atom is 0.129 e. The molecule has 4 heteroatoms. The van der Waals surface area contributed by atoms with E-state index in [0.717, 1.165) is 17.1 Å². The summed E-state index contributed by atoms with van der Waals surface area (Å²) in [6.45, 7) is 6.07. The molecule has 0 amide bonds. The third-order valence-corrected chi connectivity index (χ3v) is 3.00. The van der Waals surface area contributed by atoms with Gasteiger partial charge < -0.3 is 10.1 Å². The first-order valence-electron chi connectivity index (χ1n) is 5.87. The van der Waals surface area contributed by atoms with Crippen LogP contribution in [0, 0.1) is 0 Å². The lowest BCUT2D eigenvalue weighted by Crippen LogP contribution is -2.29. The highest BCUT2D eigenvalue weighted by molar-refractivity contribution is 7.81. The van der Waals surface area contributed by atoms with Crippen LogP contribution in [0.25, 0.3) is 0 Å². The Morgan fingerprint density at radius 3 is 2.24 bits per heavy atom. The lowest BCUT2D eigenvalue weighted by Gasteiger charge is -2.08. The minimum absolute atomic E-state index is 0.0436. The summed E-state index contributed by atoms with van der Waals surface area (Å²) >= 11 is 4.36. The minimum Gasteiger partial charge on any atom is -0.497 e. The maximum absolute atomic E-state index is 5.10. The van der Waals surface area contributed by atoms with E-state index in [0.29, 0.717) is 0 Å². The minimum atomic E-state index is 0.0436. The smallest absolute Gasteiger partial charge is 0.129 e. The zero-order valence-corrected chi connectivity index (χ0v) is 11.7. The monoisotopic (exact) mass is 252 g/mol. The molecule has 1 N–H and O–H groups in total. The topological polar surface area (TPSA) is 33.6 Å². The second-order valence-corrected chi connectivity index (χ2v) is 4.08. The second-order valence-electron chi connectivity index (χ2n) is 3.55. The summed E-state index contributed by atoms with van der Waals surface area (Å²) in [5.74, 6) is 1.76. The molecule has 1 aromatic carbocycles. The van der Waals surface area contributed by atoms with Crippen molar-refractivity contribution in [3.8, 4) is 5.75 Å². The predicted octanol–water partition coefficient (Wildman–Crippen LogP) is 2.72. The van der Waals surface area contributed by atoms with Gasteiger partial charge in [0.2, 0.25) is 0 Å². The molecule has 3 nitrogen and oxygen atoms in total. The van der Waals surface area contributed by atoms with Crippen LogP contribution in [0.2, 0.25) is 0 Å². The van der Waals surface area contributed by atoms with E-state index in [1.165, 1.54) is 0 Å². The maximum atomic E-state index is 5.10. The number of amidine groups is 1. The van der Waals surface area contributed by atoms with Crippen LogP contribution in [0.3, 0.4) is 0 Å². The van der Waals surface area contributed by atoms with Crippen molar-refractivity contribution in [2.45, 2.75) is 32.2 Å². The van der Waals surface area contributed by atoms with Gasteiger partial charge in [-0.3, -0.25) is 4.99 Å². The largest absolute Gasteiger partial charge is 0.497 e. The van der Waals surface area contributed by atoms with Gasteiger partial charge in [0.15, 0.2) is 0 Å². The number of hydrogen-bond donors (Lipinski definition) is 2. The van der Waals surface area contributed by atoms with Gasteiger partial charge in [0.1, 0.15) is 17.0 Å². The number of thiol groups is 1. The van der Waals surface area contributed by atoms with Crippen LogP contribution in [0.1, 0.15) is 26.3 Å². The number of hydrogen-bond acceptors (Lipinski definition) is 4. The highest BCUT2D eigenvalue weighted by Gasteiger charge is 2.21. The Labute approximate surface area is 109 Å². The lowest BCUT2D eigenvalue weighted by atomic mass is 10.2. The fourth-order valence-electron chi connectivity index (χ4n) is 1.48. The highest BCUT2D eigenvalue weighted by atomic mass is 32.1. The number of nitrogens with one attached hydrogen (secondary N) is 1. The van der Waals surface area contributed by atoms with Crippen LogP contribution in [0.5, 0.6) is 5.75 Å². The summed E-state index contributed by atoms with van der Waals surface area (Å²) in [7, 11) is 1.66. The molecule has 2 unspecified atom stereocenters. The van der Waals surface area contributed by atoms with Gasteiger partial charge in [-0.25, -0.2) is 0 Å². The van der Waals surface area contributed by atoms with Gasteiger partial charge in [-0.15, -0.1) is 0 Å². The molecule has 94 valence electrons. The van der Waals surface area contributed by atoms with Gasteiger partial charge in [-0.1, -0.05) is 13.8 Å². The van der Waals surface area contributed by atoms with Gasteiger partial charge in [-0.05, 0) is 31.2 Å². The third-order valence-electron chi connectivity index (χ3n) is 2.44. The zero-order valence-electron chi connectivity index (χ0n) is 10.8. The number of nitrogens with zero attached hydrogens (tertiary/aromatic N) is 1. The van der Waals surface area contributed by atoms with Crippen molar-refractivity contribution in [2.24, 2.45) is 4.99 Å². The first-order chi connectivity index (χ1) is 8.20. The molecular weight excluding hydrogens is 232 g/mol. The van der Waals surface area contributed by atoms with Crippen molar-refractivity contribution in [1.29, 1.82) is 0 Å². The third kappa shape index (κ3) is 3.40. The van der Waals surface area contributed by atoms with E-state index in [-0.39, 0.29) is 11.4 Å². The summed E-state index contributed by atoms with van der Waals surface area (Å²) < 4.78 is 5.10. The average Bonchev–Trinajstić information content (AvgIpc) is 2.72. The molecule has 17 heavy (non-hydrogen) atoms. The fourth-order valence-corrected chi connectivity index (χ4v) is 1.67. The molecule has 0 aliphatic carbocycles. The van der Waals surface area contributed by atoms with Crippen LogP contribution >= 0.6 is 12.6 Å². The molecule has 1 aromatic rings. The fraction of sp³-hybridized carbons (Fsp3) is 0.462. The van der Waals surface area contributed by atoms with E-state index in [4.69, 9.17) is 4.74 Å². The molecule has 1 aliphatic heterocycles. The van der Waals surface area contributed by atoms with Gasteiger partial charge in [0.05, 0.1) is 13.2 Å². The number of methoxy groups -OCH3 is 1. The second kappa shape index (κ2) is 6.55. The molecule has 0 saturated heterocycles. The Balaban J connectivity index is 0.000000686. The van der Waals surface area contributed by atoms with Crippen LogP contribution in [-0.2, 0) is 0 Å². The van der Waals surface area contributed by atoms with Crippen molar-refractivity contribution in [3.05, 3.63) is 29.8 Å². The number of benzene rings is 1. The van der Waals surface area contributed by atoms with Crippen molar-refractivity contribution in [3.63, 3.8) is 0 Å². The molecule has 0 saturated carbocycles. The molecule has 1 aliphatic rings. The SMILES string of the molecule is CC.COc1ccc(C2=NC(S)C(C)N2)cc1. The van der Waals surface area contributed by atoms with Crippen molar-refractivity contribution in [1.82, 2.24) is 5.32 Å². The Morgan fingerprint density at radius 1 is 1.24 bits per heavy atom. The van der Waals surface area contributed by atoms with E-state index in [2.05, 4.69) is 29.9 Å². The summed E-state index contributed by atoms with van der Waals surface area (Å²) in [5, 5.41) is 3.33. The van der Waals surface area contributed by atoms with Crippen molar-refractivity contribution >= 4 is 18.5 Å². The van der Waals surface area contributed by atoms with E-state index < -0.39 is 0 Å². The average molecular weight is 252 g/mol. The highest BCUT2D eigenvalue weighted by Crippen LogP contribution is 2.17. The van der Waals surface area contributed by atoms with E-state index >= 15 is 0 Å². The Morgan fingerprint density at radius 2 is 1.82 bits per heavy atom. The predicted molar refractivity (Wildman–Crippen MR) is 76.3 cm³/mol. The van der Waals surface area contributed by atoms with Crippen LogP contribution < -0.4 is 10.1 Å². The first kappa shape index (κ1) is 13.9.